The second kappa shape index (κ2) is 7.20. The van der Waals surface area contributed by atoms with Gasteiger partial charge in [0.2, 0.25) is 0 Å². The van der Waals surface area contributed by atoms with Gasteiger partial charge in [0.15, 0.2) is 12.2 Å². The van der Waals surface area contributed by atoms with Crippen LogP contribution in [0.1, 0.15) is 35.6 Å². The fourth-order valence-corrected chi connectivity index (χ4v) is 3.29. The SMILES string of the molecule is C=Cc1c(OCOC)ccc2c(=O)c(C)c(C3CCNCC3)oc12. The molecule has 2 aromatic rings. The highest BCUT2D eigenvalue weighted by molar-refractivity contribution is 5.88. The molecule has 0 atom stereocenters. The van der Waals surface area contributed by atoms with E-state index in [1.54, 1.807) is 25.3 Å². The molecule has 1 saturated heterocycles. The molecule has 1 N–H and O–H groups in total. The van der Waals surface area contributed by atoms with E-state index < -0.39 is 0 Å². The summed E-state index contributed by atoms with van der Waals surface area (Å²) in [6, 6.07) is 3.51. The van der Waals surface area contributed by atoms with Gasteiger partial charge in [-0.05, 0) is 45.0 Å². The Morgan fingerprint density at radius 2 is 2.12 bits per heavy atom. The van der Waals surface area contributed by atoms with E-state index in [2.05, 4.69) is 11.9 Å². The van der Waals surface area contributed by atoms with Gasteiger partial charge in [0.1, 0.15) is 17.1 Å². The maximum Gasteiger partial charge on any atom is 0.195 e. The minimum atomic E-state index is 0.0196. The molecule has 1 aliphatic heterocycles. The first-order chi connectivity index (χ1) is 11.7. The molecule has 1 aromatic carbocycles. The molecule has 1 aromatic heterocycles. The minimum absolute atomic E-state index is 0.0196. The first-order valence-electron chi connectivity index (χ1n) is 8.22. The van der Waals surface area contributed by atoms with Crippen molar-refractivity contribution in [3.8, 4) is 5.75 Å². The highest BCUT2D eigenvalue weighted by Gasteiger charge is 2.23. The quantitative estimate of drug-likeness (QED) is 0.854. The van der Waals surface area contributed by atoms with E-state index in [0.29, 0.717) is 27.8 Å². The van der Waals surface area contributed by atoms with Crippen LogP contribution in [0.15, 0.2) is 27.9 Å². The molecule has 3 rings (SSSR count). The average molecular weight is 329 g/mol. The van der Waals surface area contributed by atoms with Gasteiger partial charge in [0, 0.05) is 18.6 Å². The number of hydrogen-bond donors (Lipinski definition) is 1. The van der Waals surface area contributed by atoms with Gasteiger partial charge in [-0.3, -0.25) is 4.79 Å². The van der Waals surface area contributed by atoms with Crippen molar-refractivity contribution in [2.24, 2.45) is 0 Å². The summed E-state index contributed by atoms with van der Waals surface area (Å²) in [5.74, 6) is 1.66. The van der Waals surface area contributed by atoms with Crippen molar-refractivity contribution in [2.75, 3.05) is 27.0 Å². The minimum Gasteiger partial charge on any atom is -0.467 e. The van der Waals surface area contributed by atoms with E-state index in [4.69, 9.17) is 13.9 Å². The molecule has 1 aliphatic rings. The summed E-state index contributed by atoms with van der Waals surface area (Å²) in [5, 5.41) is 3.90. The number of ether oxygens (including phenoxy) is 2. The summed E-state index contributed by atoms with van der Waals surface area (Å²) in [6.45, 7) is 7.72. The van der Waals surface area contributed by atoms with Crippen LogP contribution >= 0.6 is 0 Å². The van der Waals surface area contributed by atoms with Crippen LogP contribution in [0.4, 0.5) is 0 Å². The van der Waals surface area contributed by atoms with Crippen molar-refractivity contribution < 1.29 is 13.9 Å². The lowest BCUT2D eigenvalue weighted by Crippen LogP contribution is -2.27. The molecule has 0 unspecified atom stereocenters. The van der Waals surface area contributed by atoms with Gasteiger partial charge in [-0.15, -0.1) is 0 Å². The zero-order valence-corrected chi connectivity index (χ0v) is 14.2. The van der Waals surface area contributed by atoms with Crippen LogP contribution in [0.3, 0.4) is 0 Å². The molecule has 5 heteroatoms. The van der Waals surface area contributed by atoms with Crippen LogP contribution in [0, 0.1) is 6.92 Å². The Balaban J connectivity index is 2.18. The van der Waals surface area contributed by atoms with E-state index in [-0.39, 0.29) is 18.1 Å². The van der Waals surface area contributed by atoms with Gasteiger partial charge < -0.3 is 19.2 Å². The smallest absolute Gasteiger partial charge is 0.195 e. The fourth-order valence-electron chi connectivity index (χ4n) is 3.29. The third-order valence-electron chi connectivity index (χ3n) is 4.57. The molecule has 0 aliphatic carbocycles. The molecule has 0 radical (unpaired) electrons. The normalized spacial score (nSPS) is 15.6. The first-order valence-corrected chi connectivity index (χ1v) is 8.22. The number of benzene rings is 1. The fraction of sp³-hybridized carbons (Fsp3) is 0.421. The Hall–Kier alpha value is -2.11. The second-order valence-corrected chi connectivity index (χ2v) is 6.05. The van der Waals surface area contributed by atoms with Gasteiger partial charge in [-0.2, -0.15) is 0 Å². The Morgan fingerprint density at radius 3 is 2.79 bits per heavy atom. The van der Waals surface area contributed by atoms with E-state index in [1.807, 2.05) is 6.92 Å². The molecule has 0 spiro atoms. The molecular weight excluding hydrogens is 306 g/mol. The number of rotatable bonds is 5. The molecule has 5 nitrogen and oxygen atoms in total. The topological polar surface area (TPSA) is 60.7 Å². The maximum absolute atomic E-state index is 12.8. The number of methoxy groups -OCH3 is 1. The third kappa shape index (κ3) is 2.97. The zero-order chi connectivity index (χ0) is 17.1. The summed E-state index contributed by atoms with van der Waals surface area (Å²) in [7, 11) is 1.56. The zero-order valence-electron chi connectivity index (χ0n) is 14.2. The molecule has 0 bridgehead atoms. The lowest BCUT2D eigenvalue weighted by atomic mass is 9.92. The largest absolute Gasteiger partial charge is 0.467 e. The van der Waals surface area contributed by atoms with Gasteiger partial charge in [-0.1, -0.05) is 12.7 Å². The summed E-state index contributed by atoms with van der Waals surface area (Å²) >= 11 is 0. The van der Waals surface area contributed by atoms with Crippen LogP contribution in [0.25, 0.3) is 17.0 Å². The van der Waals surface area contributed by atoms with Gasteiger partial charge in [-0.25, -0.2) is 0 Å². The molecule has 0 amide bonds. The Morgan fingerprint density at radius 1 is 1.38 bits per heavy atom. The van der Waals surface area contributed by atoms with Crippen molar-refractivity contribution in [1.82, 2.24) is 5.32 Å². The van der Waals surface area contributed by atoms with E-state index in [0.717, 1.165) is 31.7 Å². The maximum atomic E-state index is 12.8. The van der Waals surface area contributed by atoms with Crippen LogP contribution in [-0.2, 0) is 4.74 Å². The molecule has 1 fully saturated rings. The summed E-state index contributed by atoms with van der Waals surface area (Å²) < 4.78 is 16.8. The average Bonchev–Trinajstić information content (AvgIpc) is 2.63. The van der Waals surface area contributed by atoms with Crippen LogP contribution in [0.5, 0.6) is 5.75 Å². The summed E-state index contributed by atoms with van der Waals surface area (Å²) in [5.41, 5.74) is 1.96. The Bertz CT molecular complexity index is 803. The molecule has 0 saturated carbocycles. The highest BCUT2D eigenvalue weighted by Crippen LogP contribution is 2.33. The third-order valence-corrected chi connectivity index (χ3v) is 4.57. The Labute approximate surface area is 141 Å². The number of fused-ring (bicyclic) bond motifs is 1. The van der Waals surface area contributed by atoms with Gasteiger partial charge in [0.25, 0.3) is 0 Å². The number of nitrogens with one attached hydrogen (secondary N) is 1. The Kier molecular flexibility index (Phi) is 5.02. The summed E-state index contributed by atoms with van der Waals surface area (Å²) in [6.07, 6.45) is 3.61. The lowest BCUT2D eigenvalue weighted by Gasteiger charge is -2.23. The number of piperidine rings is 1. The van der Waals surface area contributed by atoms with Crippen LogP contribution in [0.2, 0.25) is 0 Å². The van der Waals surface area contributed by atoms with Crippen molar-refractivity contribution in [2.45, 2.75) is 25.7 Å². The van der Waals surface area contributed by atoms with Crippen molar-refractivity contribution >= 4 is 17.0 Å². The van der Waals surface area contributed by atoms with E-state index >= 15 is 0 Å². The van der Waals surface area contributed by atoms with Crippen LogP contribution < -0.4 is 15.5 Å². The molecule has 2 heterocycles. The molecule has 24 heavy (non-hydrogen) atoms. The molecule has 128 valence electrons. The van der Waals surface area contributed by atoms with Crippen molar-refractivity contribution in [3.05, 3.63) is 45.8 Å². The monoisotopic (exact) mass is 329 g/mol. The van der Waals surface area contributed by atoms with Gasteiger partial charge >= 0.3 is 0 Å². The number of hydrogen-bond acceptors (Lipinski definition) is 5. The molecular formula is C19H23NO4. The van der Waals surface area contributed by atoms with Crippen molar-refractivity contribution in [3.63, 3.8) is 0 Å². The van der Waals surface area contributed by atoms with E-state index in [9.17, 15) is 4.79 Å². The lowest BCUT2D eigenvalue weighted by molar-refractivity contribution is 0.0510. The van der Waals surface area contributed by atoms with E-state index in [1.165, 1.54) is 0 Å². The van der Waals surface area contributed by atoms with Gasteiger partial charge in [0.05, 0.1) is 10.9 Å². The first kappa shape index (κ1) is 16.7. The predicted octanol–water partition coefficient (Wildman–Crippen LogP) is 3.19. The second-order valence-electron chi connectivity index (χ2n) is 6.05. The standard InChI is InChI=1S/C19H23NO4/c1-4-14-16(23-11-22-3)6-5-15-17(21)12(2)18(24-19(14)15)13-7-9-20-10-8-13/h4-6,13,20H,1,7-11H2,2-3H3. The summed E-state index contributed by atoms with van der Waals surface area (Å²) in [4.78, 5) is 12.8. The van der Waals surface area contributed by atoms with Crippen molar-refractivity contribution in [1.29, 1.82) is 0 Å². The van der Waals surface area contributed by atoms with Crippen LogP contribution in [-0.4, -0.2) is 27.0 Å². The predicted molar refractivity (Wildman–Crippen MR) is 94.7 cm³/mol. The highest BCUT2D eigenvalue weighted by atomic mass is 16.7.